The highest BCUT2D eigenvalue weighted by atomic mass is 35.5. The number of fused-ring (bicyclic) bond motifs is 4. The summed E-state index contributed by atoms with van der Waals surface area (Å²) in [6.07, 6.45) is 2.49. The minimum atomic E-state index is -0.938. The molecule has 14 heteroatoms. The molecule has 0 bridgehead atoms. The summed E-state index contributed by atoms with van der Waals surface area (Å²) in [6, 6.07) is 4.58. The van der Waals surface area contributed by atoms with Gasteiger partial charge in [-0.15, -0.1) is 11.3 Å². The fraction of sp³-hybridized carbons (Fsp3) is 0.469. The molecule has 46 heavy (non-hydrogen) atoms. The van der Waals surface area contributed by atoms with Crippen molar-refractivity contribution in [2.75, 3.05) is 56.7 Å². The average molecular weight is 671 g/mol. The van der Waals surface area contributed by atoms with Crippen LogP contribution in [0.1, 0.15) is 37.7 Å². The van der Waals surface area contributed by atoms with Crippen LogP contribution in [0.15, 0.2) is 12.1 Å². The number of alkyl halides is 1. The Morgan fingerprint density at radius 1 is 1.17 bits per heavy atom. The Kier molecular flexibility index (Phi) is 7.32. The number of nitrogens with zero attached hydrogens (tertiary/aromatic N) is 5. The number of benzene rings is 2. The Labute approximate surface area is 271 Å². The lowest BCUT2D eigenvalue weighted by atomic mass is 9.95. The summed E-state index contributed by atoms with van der Waals surface area (Å²) in [6.45, 7) is 3.12. The molecule has 240 valence electrons. The van der Waals surface area contributed by atoms with Crippen molar-refractivity contribution in [1.82, 2.24) is 14.9 Å². The number of nitrogens with two attached hydrogens (primary N) is 1. The molecule has 0 aliphatic carbocycles. The quantitative estimate of drug-likeness (QED) is 0.270. The Hall–Kier alpha value is -3.57. The highest BCUT2D eigenvalue weighted by Crippen LogP contribution is 2.51. The highest BCUT2D eigenvalue weighted by Gasteiger charge is 2.49. The summed E-state index contributed by atoms with van der Waals surface area (Å²) in [4.78, 5) is 13.6. The van der Waals surface area contributed by atoms with E-state index in [9.17, 15) is 14.0 Å². The van der Waals surface area contributed by atoms with Gasteiger partial charge in [0.25, 0.3) is 0 Å². The van der Waals surface area contributed by atoms with E-state index >= 15 is 4.39 Å². The Bertz CT molecular complexity index is 1940. The number of hydrogen-bond acceptors (Lipinski definition) is 10. The second-order valence-electron chi connectivity index (χ2n) is 12.4. The first-order valence-electron chi connectivity index (χ1n) is 15.4. The smallest absolute Gasteiger partial charge is 0.319 e. The maximum absolute atomic E-state index is 17.1. The molecule has 4 aromatic rings. The van der Waals surface area contributed by atoms with Gasteiger partial charge in [0.1, 0.15) is 41.0 Å². The van der Waals surface area contributed by atoms with E-state index in [4.69, 9.17) is 36.5 Å². The normalized spacial score (nSPS) is 24.6. The summed E-state index contributed by atoms with van der Waals surface area (Å²) >= 11 is 7.94. The van der Waals surface area contributed by atoms with Gasteiger partial charge >= 0.3 is 6.01 Å². The minimum absolute atomic E-state index is 0.00199. The molecule has 0 saturated carbocycles. The Balaban J connectivity index is 1.36. The van der Waals surface area contributed by atoms with Crippen LogP contribution in [-0.2, 0) is 4.74 Å². The maximum Gasteiger partial charge on any atom is 0.319 e. The van der Waals surface area contributed by atoms with E-state index in [1.165, 1.54) is 12.1 Å². The van der Waals surface area contributed by atoms with Gasteiger partial charge in [-0.3, -0.25) is 4.90 Å². The van der Waals surface area contributed by atoms with Crippen molar-refractivity contribution in [3.63, 3.8) is 0 Å². The fourth-order valence-electron chi connectivity index (χ4n) is 7.73. The van der Waals surface area contributed by atoms with E-state index in [0.29, 0.717) is 56.8 Å². The van der Waals surface area contributed by atoms with Crippen molar-refractivity contribution in [2.45, 2.75) is 49.9 Å². The van der Waals surface area contributed by atoms with Crippen molar-refractivity contribution >= 4 is 54.7 Å². The van der Waals surface area contributed by atoms with Gasteiger partial charge in [-0.1, -0.05) is 17.7 Å². The van der Waals surface area contributed by atoms with Crippen LogP contribution >= 0.6 is 22.9 Å². The Morgan fingerprint density at radius 3 is 2.87 bits per heavy atom. The molecule has 6 heterocycles. The molecule has 3 fully saturated rings. The van der Waals surface area contributed by atoms with E-state index in [-0.39, 0.29) is 73.3 Å². The molecule has 0 spiro atoms. The van der Waals surface area contributed by atoms with Gasteiger partial charge in [0.15, 0.2) is 11.6 Å². The molecular weight excluding hydrogens is 641 g/mol. The van der Waals surface area contributed by atoms with Crippen molar-refractivity contribution < 1.29 is 27.4 Å². The van der Waals surface area contributed by atoms with Crippen molar-refractivity contribution in [2.24, 2.45) is 0 Å². The summed E-state index contributed by atoms with van der Waals surface area (Å²) in [5.74, 6) is -0.780. The molecule has 9 nitrogen and oxygen atoms in total. The molecule has 2 aromatic carbocycles. The van der Waals surface area contributed by atoms with Gasteiger partial charge in [-0.05, 0) is 37.4 Å². The molecule has 2 aromatic heterocycles. The summed E-state index contributed by atoms with van der Waals surface area (Å²) in [5, 5.41) is 10.4. The third kappa shape index (κ3) is 4.56. The molecule has 4 aliphatic heterocycles. The standard InChI is InChI=1S/C32H30ClF3N6O3S/c33-24-22(18-2-3-20(35)28-21(18)19(13-37)29(38)46-28)25(36)26-23-27(24)44-10-5-17-4-9-43-11-8-42(17)30(23)40-31(39-26)45-15-32-6-1-7-41(32)14-16(34)12-32/h2-3,16-17H,1,4-12,14-15,38H2/t16-,17?,32?/m1/s1. The second-order valence-corrected chi connectivity index (χ2v) is 13.8. The average Bonchev–Trinajstić information content (AvgIpc) is 3.61. The zero-order valence-corrected chi connectivity index (χ0v) is 26.3. The first-order chi connectivity index (χ1) is 22.3. The first kappa shape index (κ1) is 29.8. The summed E-state index contributed by atoms with van der Waals surface area (Å²) < 4.78 is 65.1. The number of nitrogen functional groups attached to an aromatic ring is 1. The third-order valence-corrected chi connectivity index (χ3v) is 11.2. The zero-order chi connectivity index (χ0) is 31.7. The lowest BCUT2D eigenvalue weighted by Crippen LogP contribution is -2.43. The van der Waals surface area contributed by atoms with E-state index in [2.05, 4.69) is 14.8 Å². The number of halogens is 4. The highest BCUT2D eigenvalue weighted by molar-refractivity contribution is 7.23. The number of rotatable bonds is 4. The minimum Gasteiger partial charge on any atom is -0.491 e. The van der Waals surface area contributed by atoms with Crippen molar-refractivity contribution in [3.8, 4) is 29.0 Å². The van der Waals surface area contributed by atoms with Crippen molar-refractivity contribution in [3.05, 3.63) is 34.4 Å². The van der Waals surface area contributed by atoms with E-state index in [1.807, 2.05) is 6.07 Å². The number of thiophene rings is 1. The summed E-state index contributed by atoms with van der Waals surface area (Å²) in [5.41, 5.74) is 5.68. The van der Waals surface area contributed by atoms with Crippen LogP contribution in [0.25, 0.3) is 32.1 Å². The Morgan fingerprint density at radius 2 is 2.02 bits per heavy atom. The fourth-order valence-corrected chi connectivity index (χ4v) is 9.02. The van der Waals surface area contributed by atoms with Crippen LogP contribution in [0.5, 0.6) is 11.8 Å². The van der Waals surface area contributed by atoms with Crippen LogP contribution < -0.4 is 20.1 Å². The van der Waals surface area contributed by atoms with Gasteiger partial charge in [0.05, 0.1) is 39.4 Å². The van der Waals surface area contributed by atoms with Gasteiger partial charge in [-0.2, -0.15) is 15.2 Å². The molecular formula is C32H30ClF3N6O3S. The van der Waals surface area contributed by atoms with Crippen molar-refractivity contribution in [1.29, 1.82) is 5.26 Å². The number of anilines is 2. The molecule has 0 radical (unpaired) electrons. The lowest BCUT2D eigenvalue weighted by Gasteiger charge is -2.34. The molecule has 3 saturated heterocycles. The maximum atomic E-state index is 17.1. The number of aromatic nitrogens is 2. The molecule has 0 amide bonds. The molecule has 3 atom stereocenters. The number of hydrogen-bond donors (Lipinski definition) is 1. The van der Waals surface area contributed by atoms with E-state index in [0.717, 1.165) is 30.7 Å². The molecule has 2 N–H and O–H groups in total. The van der Waals surface area contributed by atoms with Crippen LogP contribution in [-0.4, -0.2) is 78.7 Å². The van der Waals surface area contributed by atoms with Crippen LogP contribution in [0.3, 0.4) is 0 Å². The SMILES string of the molecule is N#Cc1c(N)sc2c(F)ccc(-c3c(Cl)c4c5c(nc(OCC67CCCN6C[C@H](F)C7)nc5c3F)N3CCOCCC3CCO4)c12. The first-order valence-corrected chi connectivity index (χ1v) is 16.6. The predicted molar refractivity (Wildman–Crippen MR) is 170 cm³/mol. The molecule has 2 unspecified atom stereocenters. The largest absolute Gasteiger partial charge is 0.491 e. The van der Waals surface area contributed by atoms with Gasteiger partial charge in [0, 0.05) is 49.5 Å². The second kappa shape index (κ2) is 11.3. The predicted octanol–water partition coefficient (Wildman–Crippen LogP) is 6.23. The monoisotopic (exact) mass is 670 g/mol. The molecule has 8 rings (SSSR count). The van der Waals surface area contributed by atoms with Crippen LogP contribution in [0.4, 0.5) is 24.0 Å². The van der Waals surface area contributed by atoms with Gasteiger partial charge < -0.3 is 24.8 Å². The zero-order valence-electron chi connectivity index (χ0n) is 24.8. The molecule has 4 aliphatic rings. The topological polar surface area (TPSA) is 110 Å². The van der Waals surface area contributed by atoms with Crippen LogP contribution in [0.2, 0.25) is 5.02 Å². The number of ether oxygens (including phenoxy) is 3. The summed E-state index contributed by atoms with van der Waals surface area (Å²) in [7, 11) is 0. The third-order valence-electron chi connectivity index (χ3n) is 9.86. The van der Waals surface area contributed by atoms with E-state index < -0.39 is 23.3 Å². The van der Waals surface area contributed by atoms with Crippen LogP contribution in [0, 0.1) is 23.0 Å². The van der Waals surface area contributed by atoms with E-state index in [1.54, 1.807) is 0 Å². The van der Waals surface area contributed by atoms with Gasteiger partial charge in [-0.25, -0.2) is 13.2 Å². The lowest BCUT2D eigenvalue weighted by molar-refractivity contribution is 0.107. The number of nitriles is 1. The van der Waals surface area contributed by atoms with Gasteiger partial charge in [0.2, 0.25) is 0 Å².